The lowest BCUT2D eigenvalue weighted by molar-refractivity contribution is -0.136. The number of carboxylic acids is 1. The number of furan rings is 1. The summed E-state index contributed by atoms with van der Waals surface area (Å²) in [6.07, 6.45) is 0.498. The number of aldehydes is 1. The molecule has 0 aliphatic carbocycles. The fraction of sp³-hybridized carbons (Fsp3) is 0.133. The van der Waals surface area contributed by atoms with Crippen LogP contribution < -0.4 is 5.32 Å². The second-order valence-corrected chi connectivity index (χ2v) is 4.30. The standard InChI is InChI=1S/C15H13NO5/c17-9-12-5-6-13(21-12)10-1-3-11(4-2-10)15(20)16-8-7-14(18)19/h1-6,9H,7-8H2,(H,16,20)(H,18,19). The highest BCUT2D eigenvalue weighted by Gasteiger charge is 2.08. The second-order valence-electron chi connectivity index (χ2n) is 4.30. The Bertz CT molecular complexity index is 657. The van der Waals surface area contributed by atoms with Gasteiger partial charge in [-0.05, 0) is 24.3 Å². The quantitative estimate of drug-likeness (QED) is 0.792. The zero-order valence-electron chi connectivity index (χ0n) is 11.0. The average molecular weight is 287 g/mol. The van der Waals surface area contributed by atoms with Crippen LogP contribution in [-0.4, -0.2) is 29.8 Å². The summed E-state index contributed by atoms with van der Waals surface area (Å²) in [4.78, 5) is 32.7. The van der Waals surface area contributed by atoms with E-state index in [1.54, 1.807) is 36.4 Å². The second kappa shape index (κ2) is 6.51. The highest BCUT2D eigenvalue weighted by molar-refractivity contribution is 5.94. The number of carboxylic acid groups (broad SMARTS) is 1. The summed E-state index contributed by atoms with van der Waals surface area (Å²) in [6, 6.07) is 9.84. The van der Waals surface area contributed by atoms with Gasteiger partial charge in [0, 0.05) is 17.7 Å². The van der Waals surface area contributed by atoms with Crippen molar-refractivity contribution in [3.63, 3.8) is 0 Å². The molecular formula is C15H13NO5. The van der Waals surface area contributed by atoms with Gasteiger partial charge in [-0.2, -0.15) is 0 Å². The zero-order valence-corrected chi connectivity index (χ0v) is 11.0. The number of amides is 1. The van der Waals surface area contributed by atoms with Crippen molar-refractivity contribution in [2.45, 2.75) is 6.42 Å². The number of rotatable bonds is 6. The molecule has 0 bridgehead atoms. The highest BCUT2D eigenvalue weighted by Crippen LogP contribution is 2.21. The number of hydrogen-bond donors (Lipinski definition) is 2. The van der Waals surface area contributed by atoms with Gasteiger partial charge in [-0.1, -0.05) is 12.1 Å². The van der Waals surface area contributed by atoms with Crippen LogP contribution in [0, 0.1) is 0 Å². The normalized spacial score (nSPS) is 10.1. The van der Waals surface area contributed by atoms with Crippen LogP contribution in [-0.2, 0) is 4.79 Å². The van der Waals surface area contributed by atoms with Crippen molar-refractivity contribution in [1.82, 2.24) is 5.32 Å². The van der Waals surface area contributed by atoms with E-state index in [1.165, 1.54) is 0 Å². The van der Waals surface area contributed by atoms with Crippen molar-refractivity contribution >= 4 is 18.2 Å². The molecule has 0 aliphatic rings. The van der Waals surface area contributed by atoms with E-state index in [9.17, 15) is 14.4 Å². The predicted molar refractivity (Wildman–Crippen MR) is 74.1 cm³/mol. The van der Waals surface area contributed by atoms with Gasteiger partial charge in [-0.25, -0.2) is 0 Å². The van der Waals surface area contributed by atoms with Crippen LogP contribution in [0.4, 0.5) is 0 Å². The van der Waals surface area contributed by atoms with Gasteiger partial charge in [-0.3, -0.25) is 14.4 Å². The number of hydrogen-bond acceptors (Lipinski definition) is 4. The maximum atomic E-state index is 11.8. The maximum Gasteiger partial charge on any atom is 0.305 e. The van der Waals surface area contributed by atoms with Gasteiger partial charge in [-0.15, -0.1) is 0 Å². The average Bonchev–Trinajstić information content (AvgIpc) is 2.96. The highest BCUT2D eigenvalue weighted by atomic mass is 16.4. The first kappa shape index (κ1) is 14.5. The summed E-state index contributed by atoms with van der Waals surface area (Å²) in [5, 5.41) is 11.0. The molecule has 1 aromatic heterocycles. The summed E-state index contributed by atoms with van der Waals surface area (Å²) in [5.41, 5.74) is 1.16. The van der Waals surface area contributed by atoms with Crippen molar-refractivity contribution in [3.8, 4) is 11.3 Å². The maximum absolute atomic E-state index is 11.8. The Morgan fingerprint density at radius 1 is 1.14 bits per heavy atom. The molecule has 108 valence electrons. The van der Waals surface area contributed by atoms with Crippen molar-refractivity contribution in [2.75, 3.05) is 6.54 Å². The minimum absolute atomic E-state index is 0.0802. The molecule has 0 saturated carbocycles. The third-order valence-electron chi connectivity index (χ3n) is 2.80. The van der Waals surface area contributed by atoms with E-state index < -0.39 is 5.97 Å². The van der Waals surface area contributed by atoms with E-state index in [-0.39, 0.29) is 24.6 Å². The van der Waals surface area contributed by atoms with Crippen LogP contribution in [0.15, 0.2) is 40.8 Å². The molecule has 0 fully saturated rings. The van der Waals surface area contributed by atoms with Gasteiger partial charge in [0.05, 0.1) is 6.42 Å². The van der Waals surface area contributed by atoms with Crippen LogP contribution in [0.25, 0.3) is 11.3 Å². The molecule has 1 amide bonds. The molecule has 0 atom stereocenters. The topological polar surface area (TPSA) is 96.6 Å². The smallest absolute Gasteiger partial charge is 0.305 e. The first-order valence-electron chi connectivity index (χ1n) is 6.25. The molecule has 0 aliphatic heterocycles. The Kier molecular flexibility index (Phi) is 4.50. The van der Waals surface area contributed by atoms with Crippen LogP contribution in [0.2, 0.25) is 0 Å². The first-order chi connectivity index (χ1) is 10.1. The van der Waals surface area contributed by atoms with Crippen LogP contribution in [0.1, 0.15) is 27.3 Å². The number of aliphatic carboxylic acids is 1. The molecule has 6 heteroatoms. The molecule has 6 nitrogen and oxygen atoms in total. The summed E-state index contributed by atoms with van der Waals surface area (Å²) >= 11 is 0. The molecule has 2 aromatic rings. The van der Waals surface area contributed by atoms with Gasteiger partial charge in [0.1, 0.15) is 5.76 Å². The Balaban J connectivity index is 2.02. The van der Waals surface area contributed by atoms with Gasteiger partial charge in [0.25, 0.3) is 5.91 Å². The van der Waals surface area contributed by atoms with Crippen molar-refractivity contribution in [1.29, 1.82) is 0 Å². The molecule has 21 heavy (non-hydrogen) atoms. The fourth-order valence-corrected chi connectivity index (χ4v) is 1.74. The summed E-state index contributed by atoms with van der Waals surface area (Å²) in [7, 11) is 0. The summed E-state index contributed by atoms with van der Waals surface area (Å²) in [6.45, 7) is 0.0802. The number of nitrogens with one attached hydrogen (secondary N) is 1. The molecule has 0 unspecified atom stereocenters. The van der Waals surface area contributed by atoms with Crippen LogP contribution in [0.5, 0.6) is 0 Å². The lowest BCUT2D eigenvalue weighted by atomic mass is 10.1. The number of benzene rings is 1. The van der Waals surface area contributed by atoms with Crippen molar-refractivity contribution < 1.29 is 23.9 Å². The van der Waals surface area contributed by atoms with E-state index >= 15 is 0 Å². The van der Waals surface area contributed by atoms with E-state index in [2.05, 4.69) is 5.32 Å². The molecule has 1 aromatic carbocycles. The molecular weight excluding hydrogens is 274 g/mol. The minimum Gasteiger partial charge on any atom is -0.481 e. The molecule has 2 N–H and O–H groups in total. The van der Waals surface area contributed by atoms with E-state index in [4.69, 9.17) is 9.52 Å². The molecule has 2 rings (SSSR count). The molecule has 0 radical (unpaired) electrons. The number of carbonyl (C=O) groups excluding carboxylic acids is 2. The van der Waals surface area contributed by atoms with Crippen LogP contribution in [0.3, 0.4) is 0 Å². The van der Waals surface area contributed by atoms with E-state index in [1.807, 2.05) is 0 Å². The zero-order chi connectivity index (χ0) is 15.2. The third-order valence-corrected chi connectivity index (χ3v) is 2.80. The van der Waals surface area contributed by atoms with Crippen molar-refractivity contribution in [3.05, 3.63) is 47.7 Å². The lowest BCUT2D eigenvalue weighted by Gasteiger charge is -2.04. The van der Waals surface area contributed by atoms with Crippen molar-refractivity contribution in [2.24, 2.45) is 0 Å². The van der Waals surface area contributed by atoms with Gasteiger partial charge in [0.2, 0.25) is 0 Å². The Hall–Kier alpha value is -2.89. The summed E-state index contributed by atoms with van der Waals surface area (Å²) < 4.78 is 5.28. The van der Waals surface area contributed by atoms with E-state index in [0.717, 1.165) is 5.56 Å². The predicted octanol–water partition coefficient (Wildman–Crippen LogP) is 1.96. The lowest BCUT2D eigenvalue weighted by Crippen LogP contribution is -2.25. The van der Waals surface area contributed by atoms with Gasteiger partial charge < -0.3 is 14.8 Å². The first-order valence-corrected chi connectivity index (χ1v) is 6.25. The SMILES string of the molecule is O=Cc1ccc(-c2ccc(C(=O)NCCC(=O)O)cc2)o1. The van der Waals surface area contributed by atoms with Gasteiger partial charge >= 0.3 is 5.97 Å². The molecule has 1 heterocycles. The monoisotopic (exact) mass is 287 g/mol. The molecule has 0 spiro atoms. The van der Waals surface area contributed by atoms with Crippen LogP contribution >= 0.6 is 0 Å². The summed E-state index contributed by atoms with van der Waals surface area (Å²) in [5.74, 6) is -0.527. The minimum atomic E-state index is -0.963. The Labute approximate surface area is 120 Å². The van der Waals surface area contributed by atoms with E-state index in [0.29, 0.717) is 17.6 Å². The largest absolute Gasteiger partial charge is 0.481 e. The Morgan fingerprint density at radius 2 is 1.86 bits per heavy atom. The molecule has 0 saturated heterocycles. The Morgan fingerprint density at radius 3 is 2.43 bits per heavy atom. The fourth-order valence-electron chi connectivity index (χ4n) is 1.74. The third kappa shape index (κ3) is 3.79. The van der Waals surface area contributed by atoms with Gasteiger partial charge in [0.15, 0.2) is 12.0 Å². The number of carbonyl (C=O) groups is 3.